The van der Waals surface area contributed by atoms with Gasteiger partial charge < -0.3 is 0 Å². The van der Waals surface area contributed by atoms with Crippen molar-refractivity contribution >= 4 is 62.4 Å². The Labute approximate surface area is 282 Å². The molecule has 0 bridgehead atoms. The van der Waals surface area contributed by atoms with Crippen LogP contribution in [0.1, 0.15) is 50.9 Å². The molecule has 0 nitrogen and oxygen atoms in total. The molecule has 0 spiro atoms. The molecule has 0 aromatic heterocycles. The normalized spacial score (nSPS) is 15.9. The molecule has 0 amide bonds. The molecule has 1 unspecified atom stereocenters. The van der Waals surface area contributed by atoms with E-state index in [1.165, 1.54) is 65.7 Å². The molecule has 0 aliphatic heterocycles. The van der Waals surface area contributed by atoms with Gasteiger partial charge in [0.25, 0.3) is 0 Å². The molecule has 3 aliphatic rings. The van der Waals surface area contributed by atoms with Crippen LogP contribution in [0, 0.1) is 0 Å². The van der Waals surface area contributed by atoms with Gasteiger partial charge in [-0.3, -0.25) is 0 Å². The Bertz CT molecular complexity index is 2150. The summed E-state index contributed by atoms with van der Waals surface area (Å²) in [6.45, 7) is 7.31. The maximum atomic E-state index is 2.59. The fourth-order valence-electron chi connectivity index (χ4n) is 8.62. The van der Waals surface area contributed by atoms with Crippen LogP contribution < -0.4 is 5.19 Å². The second-order valence-corrected chi connectivity index (χ2v) is 24.1. The summed E-state index contributed by atoms with van der Waals surface area (Å²) >= 11 is -1.07. The predicted molar refractivity (Wildman–Crippen MR) is 201 cm³/mol. The summed E-state index contributed by atoms with van der Waals surface area (Å²) in [7, 11) is -2.37. The SMILES string of the molecule is CC1=C([Si](C)(C2=C(C)c3cccc4cccc2c34)c2ccccc2)c2cccc3cccc1c23.[CH3][Zr]([CH3])[CH]1C=Cc2ccccc21. The minimum absolute atomic E-state index is 0.837. The van der Waals surface area contributed by atoms with E-state index in [1.807, 2.05) is 0 Å². The molecule has 2 heteroatoms. The second-order valence-electron chi connectivity index (χ2n) is 13.5. The van der Waals surface area contributed by atoms with Gasteiger partial charge in [-0.1, -0.05) is 110 Å². The van der Waals surface area contributed by atoms with Gasteiger partial charge in [-0.25, -0.2) is 0 Å². The van der Waals surface area contributed by atoms with E-state index in [1.54, 1.807) is 16.0 Å². The minimum atomic E-state index is -2.37. The Kier molecular flexibility index (Phi) is 7.35. The molecule has 0 fully saturated rings. The molecule has 0 saturated heterocycles. The van der Waals surface area contributed by atoms with Crippen LogP contribution in [0.25, 0.3) is 49.2 Å². The fourth-order valence-corrected chi connectivity index (χ4v) is 16.9. The van der Waals surface area contributed by atoms with E-state index in [9.17, 15) is 0 Å². The van der Waals surface area contributed by atoms with E-state index in [2.05, 4.69) is 169 Å². The van der Waals surface area contributed by atoms with Gasteiger partial charge in [0.1, 0.15) is 8.07 Å². The second kappa shape index (κ2) is 11.4. The van der Waals surface area contributed by atoms with Gasteiger partial charge in [0.15, 0.2) is 0 Å². The van der Waals surface area contributed by atoms with Crippen LogP contribution in [-0.4, -0.2) is 8.07 Å². The fraction of sp³-hybridized carbons (Fsp3) is 0.136. The molecule has 9 rings (SSSR count). The van der Waals surface area contributed by atoms with Crippen molar-refractivity contribution in [2.45, 2.75) is 33.3 Å². The van der Waals surface area contributed by atoms with Gasteiger partial charge in [-0.05, 0) is 84.4 Å². The van der Waals surface area contributed by atoms with Crippen LogP contribution in [-0.2, 0) is 21.8 Å². The third kappa shape index (κ3) is 4.41. The van der Waals surface area contributed by atoms with Crippen LogP contribution in [0.2, 0.25) is 15.8 Å². The standard InChI is InChI=1S/C33H26Si.C9H7.2CH3.Zr/c1-21-26-17-7-11-23-13-9-19-28(30(23)26)32(21)34(3,25-15-5-4-6-16-25)33-22(2)27-18-8-12-24-14-10-20-29(33)31(24)27;1-2-5-9-7-3-6-8(9)4-1;;;/h4-20H,1-3H3;1-7H;2*1H3;. The maximum absolute atomic E-state index is 2.59. The van der Waals surface area contributed by atoms with Crippen molar-refractivity contribution in [2.75, 3.05) is 0 Å². The first-order valence-electron chi connectivity index (χ1n) is 16.5. The van der Waals surface area contributed by atoms with Gasteiger partial charge >= 0.3 is 82.2 Å². The number of fused-ring (bicyclic) bond motifs is 1. The Morgan fingerprint density at radius 1 is 0.522 bits per heavy atom. The topological polar surface area (TPSA) is 0 Å². The molecular weight excluding hydrogens is 648 g/mol. The summed E-state index contributed by atoms with van der Waals surface area (Å²) in [5.41, 5.74) is 11.6. The molecule has 0 heterocycles. The van der Waals surface area contributed by atoms with E-state index in [4.69, 9.17) is 0 Å². The van der Waals surface area contributed by atoms with Crippen LogP contribution in [0.3, 0.4) is 0 Å². The molecule has 3 aliphatic carbocycles. The zero-order valence-corrected chi connectivity index (χ0v) is 30.8. The molecule has 6 aromatic carbocycles. The van der Waals surface area contributed by atoms with Crippen molar-refractivity contribution in [2.24, 2.45) is 0 Å². The molecule has 46 heavy (non-hydrogen) atoms. The molecule has 0 N–H and O–H groups in total. The van der Waals surface area contributed by atoms with Gasteiger partial charge in [0.05, 0.1) is 0 Å². The average Bonchev–Trinajstić information content (AvgIpc) is 3.74. The van der Waals surface area contributed by atoms with Crippen molar-refractivity contribution in [3.05, 3.63) is 167 Å². The first-order chi connectivity index (χ1) is 22.4. The quantitative estimate of drug-likeness (QED) is 0.162. The number of rotatable bonds is 4. The van der Waals surface area contributed by atoms with Crippen molar-refractivity contribution in [1.82, 2.24) is 0 Å². The molecule has 1 atom stereocenters. The molecular formula is C44H39SiZr. The average molecular weight is 687 g/mol. The first-order valence-corrected chi connectivity index (χ1v) is 25.3. The van der Waals surface area contributed by atoms with Crippen LogP contribution in [0.4, 0.5) is 0 Å². The number of allylic oxidation sites excluding steroid dienone is 3. The predicted octanol–water partition coefficient (Wildman–Crippen LogP) is 11.7. The van der Waals surface area contributed by atoms with Gasteiger partial charge in [0.2, 0.25) is 0 Å². The van der Waals surface area contributed by atoms with Gasteiger partial charge in [-0.2, -0.15) is 0 Å². The van der Waals surface area contributed by atoms with Crippen LogP contribution in [0.15, 0.2) is 133 Å². The first kappa shape index (κ1) is 29.6. The van der Waals surface area contributed by atoms with Crippen molar-refractivity contribution in [3.63, 3.8) is 0 Å². The summed E-state index contributed by atoms with van der Waals surface area (Å²) in [6, 6.07) is 47.4. The summed E-state index contributed by atoms with van der Waals surface area (Å²) in [6.07, 6.45) is 4.69. The molecule has 0 radical (unpaired) electrons. The van der Waals surface area contributed by atoms with Crippen LogP contribution in [0.5, 0.6) is 0 Å². The number of benzene rings is 6. The molecule has 223 valence electrons. The summed E-state index contributed by atoms with van der Waals surface area (Å²) in [5.74, 6) is 0. The van der Waals surface area contributed by atoms with E-state index in [0.717, 1.165) is 3.63 Å². The van der Waals surface area contributed by atoms with E-state index in [-0.39, 0.29) is 0 Å². The Morgan fingerprint density at radius 3 is 1.52 bits per heavy atom. The van der Waals surface area contributed by atoms with E-state index < -0.39 is 29.8 Å². The van der Waals surface area contributed by atoms with Crippen molar-refractivity contribution in [1.29, 1.82) is 0 Å². The Balaban J connectivity index is 0.000000219. The summed E-state index contributed by atoms with van der Waals surface area (Å²) in [4.78, 5) is 0. The van der Waals surface area contributed by atoms with Crippen molar-refractivity contribution in [3.8, 4) is 0 Å². The number of hydrogen-bond acceptors (Lipinski definition) is 0. The zero-order valence-electron chi connectivity index (χ0n) is 27.4. The Morgan fingerprint density at radius 2 is 1.00 bits per heavy atom. The molecule has 0 saturated carbocycles. The Hall–Kier alpha value is -3.84. The monoisotopic (exact) mass is 685 g/mol. The van der Waals surface area contributed by atoms with E-state index in [0.29, 0.717) is 0 Å². The van der Waals surface area contributed by atoms with Crippen LogP contribution >= 0.6 is 0 Å². The third-order valence-electron chi connectivity index (χ3n) is 10.7. The summed E-state index contributed by atoms with van der Waals surface area (Å²) in [5, 5.41) is 10.2. The zero-order chi connectivity index (χ0) is 31.6. The van der Waals surface area contributed by atoms with Gasteiger partial charge in [-0.15, -0.1) is 0 Å². The van der Waals surface area contributed by atoms with E-state index >= 15 is 0 Å². The van der Waals surface area contributed by atoms with Crippen molar-refractivity contribution < 1.29 is 21.8 Å². The van der Waals surface area contributed by atoms with Gasteiger partial charge in [0, 0.05) is 0 Å². The third-order valence-corrected chi connectivity index (χ3v) is 19.8. The molecule has 6 aromatic rings. The number of hydrogen-bond donors (Lipinski definition) is 0. The summed E-state index contributed by atoms with van der Waals surface area (Å²) < 4.78 is 5.78.